The second-order valence-corrected chi connectivity index (χ2v) is 8.72. The largest absolute Gasteiger partial charge is 0.495 e. The van der Waals surface area contributed by atoms with Crippen LogP contribution in [-0.4, -0.2) is 52.7 Å². The molecule has 13 heteroatoms. The predicted molar refractivity (Wildman–Crippen MR) is 147 cm³/mol. The Morgan fingerprint density at radius 1 is 1.07 bits per heavy atom. The van der Waals surface area contributed by atoms with Crippen molar-refractivity contribution in [3.63, 3.8) is 0 Å². The van der Waals surface area contributed by atoms with Crippen LogP contribution in [0.5, 0.6) is 5.75 Å². The van der Waals surface area contributed by atoms with Gasteiger partial charge in [-0.25, -0.2) is 10.4 Å². The molecule has 0 saturated heterocycles. The normalized spacial score (nSPS) is 11.9. The Kier molecular flexibility index (Phi) is 8.82. The van der Waals surface area contributed by atoms with Crippen LogP contribution in [0.4, 0.5) is 5.69 Å². The third-order valence-corrected chi connectivity index (χ3v) is 5.98. The first-order chi connectivity index (χ1) is 19.3. The Labute approximate surface area is 232 Å². The molecule has 12 nitrogen and oxygen atoms in total. The number of pyridine rings is 1. The van der Waals surface area contributed by atoms with Gasteiger partial charge in [0.25, 0.3) is 17.4 Å². The van der Waals surface area contributed by atoms with Gasteiger partial charge in [-0.15, -0.1) is 0 Å². The molecular weight excluding hydrogens is 540 g/mol. The molecule has 0 aliphatic carbocycles. The number of nitrogens with zero attached hydrogens (tertiary/aromatic N) is 3. The van der Waals surface area contributed by atoms with Crippen molar-refractivity contribution in [1.29, 1.82) is 0 Å². The highest BCUT2D eigenvalue weighted by Crippen LogP contribution is 2.24. The van der Waals surface area contributed by atoms with Gasteiger partial charge in [-0.3, -0.25) is 24.2 Å². The lowest BCUT2D eigenvalue weighted by molar-refractivity contribution is -0.143. The minimum Gasteiger partial charge on any atom is -0.495 e. The number of rotatable bonds is 9. The quantitative estimate of drug-likeness (QED) is 0.159. The van der Waals surface area contributed by atoms with Crippen molar-refractivity contribution in [2.75, 3.05) is 19.5 Å². The molecule has 0 radical (unpaired) electrons. The van der Waals surface area contributed by atoms with Gasteiger partial charge in [0.15, 0.2) is 0 Å². The summed E-state index contributed by atoms with van der Waals surface area (Å²) in [5.74, 6) is -3.48. The molecule has 4 aromatic rings. The number of halogens is 1. The molecule has 0 aliphatic rings. The summed E-state index contributed by atoms with van der Waals surface area (Å²) in [5.41, 5.74) is 2.48. The van der Waals surface area contributed by atoms with Crippen molar-refractivity contribution >= 4 is 51.8 Å². The molecule has 204 valence electrons. The fraction of sp³-hybridized carbons (Fsp3) is 0.148. The van der Waals surface area contributed by atoms with Gasteiger partial charge < -0.3 is 19.8 Å². The van der Waals surface area contributed by atoms with Crippen molar-refractivity contribution in [1.82, 2.24) is 20.4 Å². The number of carbonyl (C=O) groups excluding carboxylic acids is 3. The third kappa shape index (κ3) is 6.48. The molecular formula is C27H23ClN6O6. The van der Waals surface area contributed by atoms with E-state index in [4.69, 9.17) is 21.1 Å². The summed E-state index contributed by atoms with van der Waals surface area (Å²) in [7, 11) is 2.55. The monoisotopic (exact) mass is 562 g/mol. The van der Waals surface area contributed by atoms with Gasteiger partial charge in [-0.1, -0.05) is 23.7 Å². The number of anilines is 1. The first-order valence-electron chi connectivity index (χ1n) is 11.8. The van der Waals surface area contributed by atoms with Gasteiger partial charge in [0, 0.05) is 29.4 Å². The summed E-state index contributed by atoms with van der Waals surface area (Å²) in [6.07, 6.45) is 2.45. The Hall–Kier alpha value is -5.10. The number of ether oxygens (including phenoxy) is 2. The van der Waals surface area contributed by atoms with E-state index in [0.29, 0.717) is 21.8 Å². The zero-order chi connectivity index (χ0) is 28.6. The number of aromatic nitrogens is 3. The van der Waals surface area contributed by atoms with Crippen LogP contribution in [0.2, 0.25) is 5.02 Å². The summed E-state index contributed by atoms with van der Waals surface area (Å²) < 4.78 is 10.2. The van der Waals surface area contributed by atoms with Gasteiger partial charge in [0.1, 0.15) is 23.1 Å². The molecule has 0 spiro atoms. The van der Waals surface area contributed by atoms with E-state index in [1.807, 2.05) is 0 Å². The van der Waals surface area contributed by atoms with Gasteiger partial charge in [-0.05, 0) is 42.5 Å². The van der Waals surface area contributed by atoms with Crippen molar-refractivity contribution < 1.29 is 23.9 Å². The number of para-hydroxylation sites is 2. The van der Waals surface area contributed by atoms with Crippen LogP contribution in [0.15, 0.2) is 76.9 Å². The summed E-state index contributed by atoms with van der Waals surface area (Å²) in [5, 5.41) is 7.04. The number of fused-ring (bicyclic) bond motifs is 1. The number of hydrogen-bond donors (Lipinski definition) is 3. The SMILES string of the molecule is COC(=O)[C@H](Cc1nc2ccc(Cl)cc2[nH]c1=O)/C(=N/NC(=O)c1ccncc1)C(=O)Nc1ccccc1OC. The van der Waals surface area contributed by atoms with Crippen molar-refractivity contribution in [2.24, 2.45) is 11.0 Å². The van der Waals surface area contributed by atoms with Crippen LogP contribution in [0.3, 0.4) is 0 Å². The van der Waals surface area contributed by atoms with Crippen LogP contribution in [0.1, 0.15) is 16.1 Å². The molecule has 0 bridgehead atoms. The first-order valence-corrected chi connectivity index (χ1v) is 12.2. The molecule has 3 N–H and O–H groups in total. The van der Waals surface area contributed by atoms with E-state index in [1.54, 1.807) is 36.4 Å². The van der Waals surface area contributed by atoms with Gasteiger partial charge in [0.05, 0.1) is 30.9 Å². The highest BCUT2D eigenvalue weighted by molar-refractivity contribution is 6.46. The van der Waals surface area contributed by atoms with E-state index in [0.717, 1.165) is 7.11 Å². The van der Waals surface area contributed by atoms with Crippen LogP contribution in [0, 0.1) is 5.92 Å². The number of hydrogen-bond acceptors (Lipinski definition) is 9. The molecule has 0 fully saturated rings. The highest BCUT2D eigenvalue weighted by Gasteiger charge is 2.33. The van der Waals surface area contributed by atoms with Crippen molar-refractivity contribution in [3.05, 3.63) is 93.6 Å². The lowest BCUT2D eigenvalue weighted by Gasteiger charge is -2.18. The molecule has 0 aliphatic heterocycles. The average Bonchev–Trinajstić information content (AvgIpc) is 2.97. The van der Waals surface area contributed by atoms with E-state index >= 15 is 0 Å². The maximum absolute atomic E-state index is 13.5. The minimum atomic E-state index is -1.43. The molecule has 2 amide bonds. The van der Waals surface area contributed by atoms with E-state index in [9.17, 15) is 19.2 Å². The van der Waals surface area contributed by atoms with Gasteiger partial charge in [-0.2, -0.15) is 5.10 Å². The Bertz CT molecular complexity index is 1660. The summed E-state index contributed by atoms with van der Waals surface area (Å²) in [6.45, 7) is 0. The van der Waals surface area contributed by atoms with Crippen LogP contribution in [0.25, 0.3) is 11.0 Å². The number of amides is 2. The lowest BCUT2D eigenvalue weighted by Crippen LogP contribution is -2.39. The number of aromatic amines is 1. The Morgan fingerprint density at radius 2 is 1.82 bits per heavy atom. The fourth-order valence-electron chi connectivity index (χ4n) is 3.76. The standard InChI is InChI=1S/C27H23ClN6O6/c1-39-22-6-4-3-5-19(22)31-26(37)23(33-34-24(35)15-9-11-29-12-10-15)17(27(38)40-2)14-21-25(36)32-20-13-16(28)7-8-18(20)30-21/h3-13,17H,14H2,1-2H3,(H,31,37)(H,32,36)(H,34,35)/b33-23-/t17-/m1/s1. The van der Waals surface area contributed by atoms with E-state index < -0.39 is 35.0 Å². The van der Waals surface area contributed by atoms with E-state index in [-0.39, 0.29) is 23.4 Å². The maximum atomic E-state index is 13.5. The number of nitrogens with one attached hydrogen (secondary N) is 3. The molecule has 4 rings (SSSR count). The van der Waals surface area contributed by atoms with Crippen molar-refractivity contribution in [3.8, 4) is 5.75 Å². The summed E-state index contributed by atoms with van der Waals surface area (Å²) in [6, 6.07) is 14.2. The molecule has 2 aromatic carbocycles. The number of methoxy groups -OCH3 is 2. The van der Waals surface area contributed by atoms with Gasteiger partial charge in [0.2, 0.25) is 0 Å². The first kappa shape index (κ1) is 27.9. The Balaban J connectivity index is 1.75. The van der Waals surface area contributed by atoms with Crippen molar-refractivity contribution in [2.45, 2.75) is 6.42 Å². The summed E-state index contributed by atoms with van der Waals surface area (Å²) in [4.78, 5) is 62.9. The summed E-state index contributed by atoms with van der Waals surface area (Å²) >= 11 is 6.01. The number of esters is 1. The second-order valence-electron chi connectivity index (χ2n) is 8.28. The molecule has 2 heterocycles. The van der Waals surface area contributed by atoms with E-state index in [1.165, 1.54) is 37.7 Å². The van der Waals surface area contributed by atoms with Crippen LogP contribution >= 0.6 is 11.6 Å². The van der Waals surface area contributed by atoms with Gasteiger partial charge >= 0.3 is 5.97 Å². The zero-order valence-electron chi connectivity index (χ0n) is 21.3. The molecule has 0 saturated carbocycles. The molecule has 40 heavy (non-hydrogen) atoms. The second kappa shape index (κ2) is 12.6. The minimum absolute atomic E-state index is 0.0662. The zero-order valence-corrected chi connectivity index (χ0v) is 22.1. The number of H-pyrrole nitrogens is 1. The lowest BCUT2D eigenvalue weighted by atomic mass is 9.96. The highest BCUT2D eigenvalue weighted by atomic mass is 35.5. The predicted octanol–water partition coefficient (Wildman–Crippen LogP) is 2.74. The molecule has 1 atom stereocenters. The molecule has 0 unspecified atom stereocenters. The number of benzene rings is 2. The maximum Gasteiger partial charge on any atom is 0.315 e. The fourth-order valence-corrected chi connectivity index (χ4v) is 3.93. The Morgan fingerprint density at radius 3 is 2.55 bits per heavy atom. The third-order valence-electron chi connectivity index (χ3n) is 5.75. The molecule has 2 aromatic heterocycles. The topological polar surface area (TPSA) is 165 Å². The number of carbonyl (C=O) groups is 3. The van der Waals surface area contributed by atoms with Crippen LogP contribution < -0.4 is 21.0 Å². The number of hydrazone groups is 1. The van der Waals surface area contributed by atoms with E-state index in [2.05, 4.69) is 30.8 Å². The smallest absolute Gasteiger partial charge is 0.315 e. The average molecular weight is 563 g/mol. The van der Waals surface area contributed by atoms with Crippen LogP contribution in [-0.2, 0) is 20.7 Å².